The second-order valence-electron chi connectivity index (χ2n) is 11.9. The lowest BCUT2D eigenvalue weighted by atomic mass is 9.76. The number of H-pyrrole nitrogens is 1. The number of aromatic nitrogens is 2. The molecule has 0 bridgehead atoms. The number of ether oxygens (including phenoxy) is 1. The first-order valence-electron chi connectivity index (χ1n) is 13.8. The Balaban J connectivity index is 1.16. The largest absolute Gasteiger partial charge is 0.447 e. The smallest absolute Gasteiger partial charge is 0.407 e. The quantitative estimate of drug-likeness (QED) is 0.352. The number of benzene rings is 2. The number of nitrogens with zero attached hydrogens (tertiary/aromatic N) is 3. The number of carbonyl (C=O) groups is 4. The lowest BCUT2D eigenvalue weighted by Crippen LogP contribution is -2.48. The molecule has 0 saturated carbocycles. The maximum absolute atomic E-state index is 12.7. The van der Waals surface area contributed by atoms with Crippen molar-refractivity contribution in [3.63, 3.8) is 0 Å². The highest BCUT2D eigenvalue weighted by Crippen LogP contribution is 2.49. The number of imidazole rings is 1. The lowest BCUT2D eigenvalue weighted by Gasteiger charge is -2.34. The fourth-order valence-corrected chi connectivity index (χ4v) is 7.00. The summed E-state index contributed by atoms with van der Waals surface area (Å²) < 4.78 is 5.28. The van der Waals surface area contributed by atoms with Gasteiger partial charge in [0.2, 0.25) is 5.91 Å². The van der Waals surface area contributed by atoms with Crippen molar-refractivity contribution in [1.29, 1.82) is 0 Å². The summed E-state index contributed by atoms with van der Waals surface area (Å²) in [7, 11) is 1.66. The van der Waals surface area contributed by atoms with Crippen molar-refractivity contribution in [3.8, 4) is 0 Å². The molecule has 212 valence electrons. The van der Waals surface area contributed by atoms with E-state index in [1.165, 1.54) is 4.90 Å². The number of fused-ring (bicyclic) bond motifs is 2. The van der Waals surface area contributed by atoms with Gasteiger partial charge in [-0.25, -0.2) is 14.6 Å². The first-order chi connectivity index (χ1) is 19.6. The molecule has 7 rings (SSSR count). The van der Waals surface area contributed by atoms with Gasteiger partial charge in [-0.15, -0.1) is 0 Å². The van der Waals surface area contributed by atoms with Gasteiger partial charge >= 0.3 is 12.1 Å². The Morgan fingerprint density at radius 2 is 1.90 bits per heavy atom. The van der Waals surface area contributed by atoms with E-state index in [2.05, 4.69) is 25.8 Å². The zero-order valence-electron chi connectivity index (χ0n) is 23.1. The first-order valence-corrected chi connectivity index (χ1v) is 13.8. The Morgan fingerprint density at radius 1 is 1.12 bits per heavy atom. The van der Waals surface area contributed by atoms with Gasteiger partial charge in [-0.1, -0.05) is 6.07 Å². The van der Waals surface area contributed by atoms with Crippen molar-refractivity contribution in [2.24, 2.45) is 0 Å². The second kappa shape index (κ2) is 8.69. The van der Waals surface area contributed by atoms with Crippen molar-refractivity contribution in [2.45, 2.75) is 56.7 Å². The normalized spacial score (nSPS) is 21.9. The molecular formula is C29H31N7O5. The number of alkyl carbamates (subject to hydrolysis) is 1. The molecule has 1 spiro atoms. The monoisotopic (exact) mass is 557 g/mol. The molecule has 0 radical (unpaired) electrons. The zero-order valence-corrected chi connectivity index (χ0v) is 23.1. The van der Waals surface area contributed by atoms with E-state index in [4.69, 9.17) is 9.72 Å². The van der Waals surface area contributed by atoms with E-state index in [9.17, 15) is 19.2 Å². The van der Waals surface area contributed by atoms with Crippen LogP contribution in [0.1, 0.15) is 42.8 Å². The van der Waals surface area contributed by atoms with Gasteiger partial charge in [0.05, 0.1) is 23.7 Å². The van der Waals surface area contributed by atoms with Gasteiger partial charge in [0, 0.05) is 61.8 Å². The highest BCUT2D eigenvalue weighted by Gasteiger charge is 2.54. The minimum atomic E-state index is -0.880. The van der Waals surface area contributed by atoms with E-state index in [-0.39, 0.29) is 36.9 Å². The number of rotatable bonds is 5. The summed E-state index contributed by atoms with van der Waals surface area (Å²) in [6.07, 6.45) is 0.402. The van der Waals surface area contributed by atoms with Crippen molar-refractivity contribution < 1.29 is 23.9 Å². The summed E-state index contributed by atoms with van der Waals surface area (Å²) in [5.41, 5.74) is 4.97. The van der Waals surface area contributed by atoms with Crippen molar-refractivity contribution in [2.75, 3.05) is 30.4 Å². The lowest BCUT2D eigenvalue weighted by molar-refractivity contribution is -0.125. The highest BCUT2D eigenvalue weighted by atomic mass is 16.6. The van der Waals surface area contributed by atoms with Gasteiger partial charge in [0.25, 0.3) is 5.91 Å². The summed E-state index contributed by atoms with van der Waals surface area (Å²) in [4.78, 5) is 61.9. The Kier molecular flexibility index (Phi) is 5.38. The summed E-state index contributed by atoms with van der Waals surface area (Å²) in [6, 6.07) is 9.51. The van der Waals surface area contributed by atoms with E-state index < -0.39 is 17.0 Å². The maximum Gasteiger partial charge on any atom is 0.407 e. The average molecular weight is 558 g/mol. The summed E-state index contributed by atoms with van der Waals surface area (Å²) in [5.74, 6) is 0.420. The SMILES string of the molecule is CC(C)OC(=O)NCC12CC(=O)Nc3cccc(c31)N(Cc1nc3cc4c(cc3[nH]1)CC1(C4)C(=O)NC(=O)N1C)C2. The van der Waals surface area contributed by atoms with E-state index in [1.807, 2.05) is 30.3 Å². The summed E-state index contributed by atoms with van der Waals surface area (Å²) >= 11 is 0. The first kappa shape index (κ1) is 25.4. The average Bonchev–Trinajstić information content (AvgIpc) is 3.61. The molecule has 2 atom stereocenters. The predicted octanol–water partition coefficient (Wildman–Crippen LogP) is 2.32. The number of hydrogen-bond acceptors (Lipinski definition) is 7. The van der Waals surface area contributed by atoms with Crippen LogP contribution in [0.25, 0.3) is 11.0 Å². The Bertz CT molecular complexity index is 1620. The third-order valence-electron chi connectivity index (χ3n) is 8.84. The number of anilines is 2. The number of urea groups is 1. The van der Waals surface area contributed by atoms with Crippen LogP contribution in [0.4, 0.5) is 21.0 Å². The molecule has 41 heavy (non-hydrogen) atoms. The fraction of sp³-hybridized carbons (Fsp3) is 0.414. The van der Waals surface area contributed by atoms with Gasteiger partial charge in [-0.05, 0) is 49.2 Å². The van der Waals surface area contributed by atoms with E-state index in [0.29, 0.717) is 25.9 Å². The molecule has 12 heteroatoms. The predicted molar refractivity (Wildman–Crippen MR) is 150 cm³/mol. The van der Waals surface area contributed by atoms with Gasteiger partial charge in [0.1, 0.15) is 11.4 Å². The van der Waals surface area contributed by atoms with E-state index in [0.717, 1.165) is 44.9 Å². The second-order valence-corrected chi connectivity index (χ2v) is 11.9. The van der Waals surface area contributed by atoms with Gasteiger partial charge in [0.15, 0.2) is 0 Å². The van der Waals surface area contributed by atoms with Crippen LogP contribution >= 0.6 is 0 Å². The summed E-state index contributed by atoms with van der Waals surface area (Å²) in [5, 5.41) is 8.31. The minimum Gasteiger partial charge on any atom is -0.447 e. The van der Waals surface area contributed by atoms with Crippen LogP contribution < -0.4 is 20.9 Å². The summed E-state index contributed by atoms with van der Waals surface area (Å²) in [6.45, 7) is 4.86. The van der Waals surface area contributed by atoms with Crippen LogP contribution in [-0.2, 0) is 39.1 Å². The van der Waals surface area contributed by atoms with Crippen LogP contribution in [0.2, 0.25) is 0 Å². The molecule has 1 aromatic heterocycles. The molecule has 1 saturated heterocycles. The third kappa shape index (κ3) is 3.84. The molecule has 4 N–H and O–H groups in total. The number of carbonyl (C=O) groups excluding carboxylic acids is 4. The minimum absolute atomic E-state index is 0.0881. The fourth-order valence-electron chi connectivity index (χ4n) is 7.00. The van der Waals surface area contributed by atoms with Crippen LogP contribution in [0, 0.1) is 0 Å². The zero-order chi connectivity index (χ0) is 28.7. The Labute approximate surface area is 235 Å². The Hall–Kier alpha value is -4.61. The number of nitrogens with one attached hydrogen (secondary N) is 4. The molecule has 2 unspecified atom stereocenters. The third-order valence-corrected chi connectivity index (χ3v) is 8.84. The molecule has 12 nitrogen and oxygen atoms in total. The van der Waals surface area contributed by atoms with Gasteiger partial charge in [-0.3, -0.25) is 14.9 Å². The standard InChI is InChI=1S/C29H31N7O5/c1-15(2)41-27(40)30-13-28-11-23(37)33-18-5-4-6-21(24(18)28)36(14-28)12-22-31-19-7-16-9-29(10-17(16)8-20(19)32-22)25(38)34-26(39)35(29)3/h4-8,15H,9-14H2,1-3H3,(H,30,40)(H,31,32)(H,33,37)(H,34,38,39). The van der Waals surface area contributed by atoms with Crippen LogP contribution in [-0.4, -0.2) is 70.6 Å². The van der Waals surface area contributed by atoms with Crippen LogP contribution in [0.5, 0.6) is 0 Å². The maximum atomic E-state index is 12.7. The topological polar surface area (TPSA) is 149 Å². The number of aromatic amines is 1. The Morgan fingerprint density at radius 3 is 2.63 bits per heavy atom. The van der Waals surface area contributed by atoms with Crippen molar-refractivity contribution in [3.05, 3.63) is 52.8 Å². The van der Waals surface area contributed by atoms with E-state index in [1.54, 1.807) is 20.9 Å². The van der Waals surface area contributed by atoms with E-state index >= 15 is 0 Å². The number of likely N-dealkylation sites (N-methyl/N-ethyl adjacent to an activating group) is 1. The van der Waals surface area contributed by atoms with Crippen LogP contribution in [0.15, 0.2) is 30.3 Å². The number of hydrogen-bond donors (Lipinski definition) is 4. The molecule has 4 heterocycles. The van der Waals surface area contributed by atoms with Crippen LogP contribution in [0.3, 0.4) is 0 Å². The molecular weight excluding hydrogens is 526 g/mol. The molecule has 1 aliphatic carbocycles. The molecule has 2 aromatic carbocycles. The van der Waals surface area contributed by atoms with Gasteiger partial charge in [-0.2, -0.15) is 0 Å². The molecule has 3 aromatic rings. The van der Waals surface area contributed by atoms with Gasteiger partial charge < -0.3 is 30.2 Å². The van der Waals surface area contributed by atoms with Crippen molar-refractivity contribution in [1.82, 2.24) is 25.5 Å². The molecule has 5 amide bonds. The number of amides is 5. The molecule has 3 aliphatic heterocycles. The van der Waals surface area contributed by atoms with Crippen molar-refractivity contribution >= 4 is 46.3 Å². The number of imide groups is 1. The molecule has 1 fully saturated rings. The highest BCUT2D eigenvalue weighted by molar-refractivity contribution is 6.08. The molecule has 4 aliphatic rings.